The number of rotatable bonds is 1. The van der Waals surface area contributed by atoms with Gasteiger partial charge in [0, 0.05) is 6.04 Å². The zero-order valence-electron chi connectivity index (χ0n) is 7.60. The van der Waals surface area contributed by atoms with Crippen molar-refractivity contribution >= 4 is 6.03 Å². The van der Waals surface area contributed by atoms with E-state index in [0.717, 1.165) is 0 Å². The highest BCUT2D eigenvalue weighted by Crippen LogP contribution is 2.37. The molecular weight excluding hydrogens is 197 g/mol. The van der Waals surface area contributed by atoms with Gasteiger partial charge >= 0.3 is 12.2 Å². The number of carbonyl (C=O) groups is 1. The third kappa shape index (κ3) is 3.08. The van der Waals surface area contributed by atoms with Gasteiger partial charge in [0.2, 0.25) is 0 Å². The maximum Gasteiger partial charge on any atom is 0.391 e. The fraction of sp³-hybridized carbons (Fsp3) is 0.875. The first-order chi connectivity index (χ1) is 6.39. The summed E-state index contributed by atoms with van der Waals surface area (Å²) in [7, 11) is 0. The highest BCUT2D eigenvalue weighted by atomic mass is 19.4. The number of hydrogen-bond acceptors (Lipinski definition) is 1. The molecule has 0 radical (unpaired) electrons. The molecule has 0 spiro atoms. The van der Waals surface area contributed by atoms with Crippen LogP contribution in [0.2, 0.25) is 0 Å². The molecule has 0 atom stereocenters. The molecule has 1 rings (SSSR count). The van der Waals surface area contributed by atoms with E-state index < -0.39 is 18.1 Å². The molecule has 3 N–H and O–H groups in total. The van der Waals surface area contributed by atoms with E-state index in [-0.39, 0.29) is 18.9 Å². The average molecular weight is 210 g/mol. The van der Waals surface area contributed by atoms with Crippen LogP contribution in [-0.2, 0) is 0 Å². The molecular formula is C8H13F3N2O. The van der Waals surface area contributed by atoms with Gasteiger partial charge in [0.25, 0.3) is 0 Å². The maximum atomic E-state index is 12.2. The first kappa shape index (κ1) is 11.1. The van der Waals surface area contributed by atoms with E-state index in [1.165, 1.54) is 0 Å². The Kier molecular flexibility index (Phi) is 3.23. The molecule has 0 unspecified atom stereocenters. The van der Waals surface area contributed by atoms with E-state index in [9.17, 15) is 18.0 Å². The number of alkyl halides is 3. The molecule has 0 bridgehead atoms. The minimum absolute atomic E-state index is 0.0778. The van der Waals surface area contributed by atoms with Crippen LogP contribution in [0, 0.1) is 5.92 Å². The third-order valence-corrected chi connectivity index (χ3v) is 2.54. The Balaban J connectivity index is 2.35. The fourth-order valence-electron chi connectivity index (χ4n) is 1.77. The number of nitrogens with one attached hydrogen (secondary N) is 1. The normalized spacial score (nSPS) is 28.5. The topological polar surface area (TPSA) is 55.1 Å². The third-order valence-electron chi connectivity index (χ3n) is 2.54. The predicted octanol–water partition coefficient (Wildman–Crippen LogP) is 1.78. The van der Waals surface area contributed by atoms with Crippen molar-refractivity contribution in [2.75, 3.05) is 0 Å². The van der Waals surface area contributed by atoms with Crippen LogP contribution in [0.3, 0.4) is 0 Å². The Hall–Kier alpha value is -0.940. The largest absolute Gasteiger partial charge is 0.391 e. The summed E-state index contributed by atoms with van der Waals surface area (Å²) in [4.78, 5) is 10.4. The van der Waals surface area contributed by atoms with E-state index in [0.29, 0.717) is 12.8 Å². The van der Waals surface area contributed by atoms with Gasteiger partial charge in [0.1, 0.15) is 0 Å². The number of primary amides is 1. The number of halogens is 3. The van der Waals surface area contributed by atoms with Gasteiger partial charge in [0.15, 0.2) is 0 Å². The van der Waals surface area contributed by atoms with Crippen molar-refractivity contribution in [1.29, 1.82) is 0 Å². The first-order valence-corrected chi connectivity index (χ1v) is 4.52. The van der Waals surface area contributed by atoms with Crippen LogP contribution in [0.15, 0.2) is 0 Å². The van der Waals surface area contributed by atoms with Gasteiger partial charge in [-0.25, -0.2) is 4.79 Å². The average Bonchev–Trinajstić information content (AvgIpc) is 2.02. The molecule has 0 aromatic carbocycles. The standard InChI is InChI=1S/C8H13F3N2O/c9-8(10,11)5-1-3-6(4-2-5)13-7(12)14/h5-6H,1-4H2,(H3,12,13,14). The molecule has 1 aliphatic rings. The van der Waals surface area contributed by atoms with Gasteiger partial charge in [-0.15, -0.1) is 0 Å². The van der Waals surface area contributed by atoms with Gasteiger partial charge in [-0.2, -0.15) is 13.2 Å². The van der Waals surface area contributed by atoms with E-state index in [4.69, 9.17) is 5.73 Å². The van der Waals surface area contributed by atoms with Gasteiger partial charge in [-0.3, -0.25) is 0 Å². The Morgan fingerprint density at radius 2 is 1.71 bits per heavy atom. The summed E-state index contributed by atoms with van der Waals surface area (Å²) in [5, 5.41) is 2.43. The summed E-state index contributed by atoms with van der Waals surface area (Å²) < 4.78 is 36.7. The quantitative estimate of drug-likeness (QED) is 0.681. The first-order valence-electron chi connectivity index (χ1n) is 4.52. The van der Waals surface area contributed by atoms with Gasteiger partial charge in [-0.05, 0) is 25.7 Å². The Bertz CT molecular complexity index is 209. The second-order valence-corrected chi connectivity index (χ2v) is 3.60. The van der Waals surface area contributed by atoms with Crippen molar-refractivity contribution < 1.29 is 18.0 Å². The van der Waals surface area contributed by atoms with E-state index in [2.05, 4.69) is 5.32 Å². The summed E-state index contributed by atoms with van der Waals surface area (Å²) in [6.07, 6.45) is -3.24. The number of urea groups is 1. The lowest BCUT2D eigenvalue weighted by Crippen LogP contribution is -2.42. The molecule has 0 aromatic rings. The molecule has 3 nitrogen and oxygen atoms in total. The van der Waals surface area contributed by atoms with Crippen molar-refractivity contribution in [3.63, 3.8) is 0 Å². The van der Waals surface area contributed by atoms with Crippen LogP contribution in [-0.4, -0.2) is 18.2 Å². The van der Waals surface area contributed by atoms with Gasteiger partial charge in [-0.1, -0.05) is 0 Å². The van der Waals surface area contributed by atoms with Crippen molar-refractivity contribution in [3.05, 3.63) is 0 Å². The zero-order chi connectivity index (χ0) is 10.8. The SMILES string of the molecule is NC(=O)NC1CCC(C(F)(F)F)CC1. The van der Waals surface area contributed by atoms with Crippen molar-refractivity contribution in [2.24, 2.45) is 11.7 Å². The van der Waals surface area contributed by atoms with Crippen LogP contribution in [0.5, 0.6) is 0 Å². The molecule has 82 valence electrons. The summed E-state index contributed by atoms with van der Waals surface area (Å²) >= 11 is 0. The molecule has 0 aromatic heterocycles. The maximum absolute atomic E-state index is 12.2. The number of carbonyl (C=O) groups excluding carboxylic acids is 1. The molecule has 1 saturated carbocycles. The smallest absolute Gasteiger partial charge is 0.352 e. The monoisotopic (exact) mass is 210 g/mol. The van der Waals surface area contributed by atoms with Crippen molar-refractivity contribution in [2.45, 2.75) is 37.9 Å². The van der Waals surface area contributed by atoms with Crippen LogP contribution >= 0.6 is 0 Å². The lowest BCUT2D eigenvalue weighted by Gasteiger charge is -2.29. The van der Waals surface area contributed by atoms with Crippen molar-refractivity contribution in [1.82, 2.24) is 5.32 Å². The lowest BCUT2D eigenvalue weighted by molar-refractivity contribution is -0.182. The predicted molar refractivity (Wildman–Crippen MR) is 44.5 cm³/mol. The highest BCUT2D eigenvalue weighted by molar-refractivity contribution is 5.71. The summed E-state index contributed by atoms with van der Waals surface area (Å²) in [5.41, 5.74) is 4.87. The van der Waals surface area contributed by atoms with Gasteiger partial charge in [0.05, 0.1) is 5.92 Å². The number of nitrogens with two attached hydrogens (primary N) is 1. The van der Waals surface area contributed by atoms with E-state index in [1.807, 2.05) is 0 Å². The molecule has 6 heteroatoms. The fourth-order valence-corrected chi connectivity index (χ4v) is 1.77. The Morgan fingerprint density at radius 1 is 1.21 bits per heavy atom. The minimum Gasteiger partial charge on any atom is -0.352 e. The Morgan fingerprint density at radius 3 is 2.07 bits per heavy atom. The molecule has 0 saturated heterocycles. The van der Waals surface area contributed by atoms with Crippen LogP contribution in [0.4, 0.5) is 18.0 Å². The second kappa shape index (κ2) is 4.06. The summed E-state index contributed by atoms with van der Waals surface area (Å²) in [5.74, 6) is -1.21. The molecule has 1 fully saturated rings. The van der Waals surface area contributed by atoms with E-state index >= 15 is 0 Å². The highest BCUT2D eigenvalue weighted by Gasteiger charge is 2.41. The number of hydrogen-bond donors (Lipinski definition) is 2. The Labute approximate surface area is 79.8 Å². The molecule has 1 aliphatic carbocycles. The van der Waals surface area contributed by atoms with Crippen LogP contribution in [0.1, 0.15) is 25.7 Å². The molecule has 2 amide bonds. The lowest BCUT2D eigenvalue weighted by atomic mass is 9.86. The van der Waals surface area contributed by atoms with Crippen molar-refractivity contribution in [3.8, 4) is 0 Å². The van der Waals surface area contributed by atoms with Gasteiger partial charge < -0.3 is 11.1 Å². The molecule has 0 heterocycles. The van der Waals surface area contributed by atoms with E-state index in [1.54, 1.807) is 0 Å². The molecule has 0 aliphatic heterocycles. The second-order valence-electron chi connectivity index (χ2n) is 3.60. The zero-order valence-corrected chi connectivity index (χ0v) is 7.60. The van der Waals surface area contributed by atoms with Crippen LogP contribution in [0.25, 0.3) is 0 Å². The summed E-state index contributed by atoms with van der Waals surface area (Å²) in [6.45, 7) is 0. The number of amides is 2. The summed E-state index contributed by atoms with van der Waals surface area (Å²) in [6, 6.07) is -0.855. The minimum atomic E-state index is -4.10. The molecule has 14 heavy (non-hydrogen) atoms. The van der Waals surface area contributed by atoms with Crippen LogP contribution < -0.4 is 11.1 Å².